The van der Waals surface area contributed by atoms with Crippen molar-refractivity contribution in [3.05, 3.63) is 0 Å². The van der Waals surface area contributed by atoms with Crippen LogP contribution >= 0.6 is 0 Å². The average molecular weight is 256 g/mol. The summed E-state index contributed by atoms with van der Waals surface area (Å²) in [5.74, 6) is 0. The lowest BCUT2D eigenvalue weighted by Gasteiger charge is -2.25. The second-order valence-corrected chi connectivity index (χ2v) is 5.44. The Hall–Kier alpha value is -0.160. The molecule has 0 radical (unpaired) electrons. The van der Waals surface area contributed by atoms with E-state index in [2.05, 4.69) is 9.80 Å². The summed E-state index contributed by atoms with van der Waals surface area (Å²) in [5, 5.41) is 0. The predicted molar refractivity (Wildman–Crippen MR) is 73.0 cm³/mol. The molecule has 4 heteroatoms. The van der Waals surface area contributed by atoms with Gasteiger partial charge in [-0.15, -0.1) is 0 Å². The summed E-state index contributed by atoms with van der Waals surface area (Å²) >= 11 is 0. The van der Waals surface area contributed by atoms with Crippen LogP contribution in [0.25, 0.3) is 0 Å². The lowest BCUT2D eigenvalue weighted by atomic mass is 10.2. The molecule has 0 saturated carbocycles. The molecule has 18 heavy (non-hydrogen) atoms. The van der Waals surface area contributed by atoms with Crippen molar-refractivity contribution in [2.75, 3.05) is 59.7 Å². The summed E-state index contributed by atoms with van der Waals surface area (Å²) in [4.78, 5) is 5.32. The topological polar surface area (TPSA) is 24.9 Å². The molecule has 0 aromatic rings. The second-order valence-electron chi connectivity index (χ2n) is 5.44. The molecule has 2 heterocycles. The molecule has 0 spiro atoms. The lowest BCUT2D eigenvalue weighted by Crippen LogP contribution is -2.37. The van der Waals surface area contributed by atoms with E-state index in [1.165, 1.54) is 52.0 Å². The fraction of sp³-hybridized carbons (Fsp3) is 1.00. The monoisotopic (exact) mass is 256 g/mol. The number of rotatable bonds is 7. The van der Waals surface area contributed by atoms with E-state index >= 15 is 0 Å². The Labute approximate surface area is 111 Å². The number of methoxy groups -OCH3 is 1. The van der Waals surface area contributed by atoms with Crippen molar-refractivity contribution in [1.29, 1.82) is 0 Å². The van der Waals surface area contributed by atoms with Gasteiger partial charge in [0.2, 0.25) is 0 Å². The summed E-state index contributed by atoms with van der Waals surface area (Å²) in [5.41, 5.74) is 0. The van der Waals surface area contributed by atoms with Crippen LogP contribution in [-0.4, -0.2) is 75.5 Å². The highest BCUT2D eigenvalue weighted by Crippen LogP contribution is 2.21. The van der Waals surface area contributed by atoms with Gasteiger partial charge in [0.1, 0.15) is 0 Å². The SMILES string of the molecule is COCCOCCCN1CCCN2CCCC2C1. The summed E-state index contributed by atoms with van der Waals surface area (Å²) < 4.78 is 10.5. The Bertz CT molecular complexity index is 226. The first-order valence-electron chi connectivity index (χ1n) is 7.43. The van der Waals surface area contributed by atoms with Crippen LogP contribution in [0.4, 0.5) is 0 Å². The fourth-order valence-electron chi connectivity index (χ4n) is 3.12. The first-order chi connectivity index (χ1) is 8.90. The van der Waals surface area contributed by atoms with Gasteiger partial charge >= 0.3 is 0 Å². The quantitative estimate of drug-likeness (QED) is 0.639. The van der Waals surface area contributed by atoms with E-state index in [-0.39, 0.29) is 0 Å². The number of hydrogen-bond donors (Lipinski definition) is 0. The van der Waals surface area contributed by atoms with Crippen molar-refractivity contribution in [2.24, 2.45) is 0 Å². The van der Waals surface area contributed by atoms with E-state index in [1.807, 2.05) is 0 Å². The smallest absolute Gasteiger partial charge is 0.0700 e. The number of nitrogens with zero attached hydrogens (tertiary/aromatic N) is 2. The third kappa shape index (κ3) is 4.50. The van der Waals surface area contributed by atoms with Gasteiger partial charge in [-0.2, -0.15) is 0 Å². The molecule has 2 saturated heterocycles. The summed E-state index contributed by atoms with van der Waals surface area (Å²) in [6.45, 7) is 8.69. The summed E-state index contributed by atoms with van der Waals surface area (Å²) in [6, 6.07) is 0.835. The molecule has 0 bridgehead atoms. The van der Waals surface area contributed by atoms with Crippen molar-refractivity contribution in [2.45, 2.75) is 31.7 Å². The van der Waals surface area contributed by atoms with Crippen LogP contribution in [0.2, 0.25) is 0 Å². The van der Waals surface area contributed by atoms with E-state index in [4.69, 9.17) is 9.47 Å². The van der Waals surface area contributed by atoms with Crippen LogP contribution in [0.3, 0.4) is 0 Å². The molecule has 1 atom stereocenters. The van der Waals surface area contributed by atoms with Crippen molar-refractivity contribution < 1.29 is 9.47 Å². The van der Waals surface area contributed by atoms with E-state index in [0.29, 0.717) is 6.61 Å². The number of ether oxygens (including phenoxy) is 2. The maximum atomic E-state index is 5.52. The van der Waals surface area contributed by atoms with Crippen molar-refractivity contribution in [1.82, 2.24) is 9.80 Å². The van der Waals surface area contributed by atoms with Gasteiger partial charge in [0.25, 0.3) is 0 Å². The van der Waals surface area contributed by atoms with Gasteiger partial charge in [-0.05, 0) is 45.3 Å². The Balaban J connectivity index is 1.57. The Morgan fingerprint density at radius 2 is 1.94 bits per heavy atom. The lowest BCUT2D eigenvalue weighted by molar-refractivity contribution is 0.0649. The maximum absolute atomic E-state index is 5.52. The van der Waals surface area contributed by atoms with Crippen molar-refractivity contribution in [3.8, 4) is 0 Å². The third-order valence-corrected chi connectivity index (χ3v) is 4.08. The zero-order chi connectivity index (χ0) is 12.6. The Morgan fingerprint density at radius 1 is 1.06 bits per heavy atom. The van der Waals surface area contributed by atoms with Crippen molar-refractivity contribution in [3.63, 3.8) is 0 Å². The summed E-state index contributed by atoms with van der Waals surface area (Å²) in [6.07, 6.45) is 5.29. The molecule has 0 N–H and O–H groups in total. The minimum absolute atomic E-state index is 0.709. The Morgan fingerprint density at radius 3 is 2.83 bits per heavy atom. The highest BCUT2D eigenvalue weighted by atomic mass is 16.5. The van der Waals surface area contributed by atoms with Gasteiger partial charge in [-0.25, -0.2) is 0 Å². The first kappa shape index (κ1) is 14.3. The maximum Gasteiger partial charge on any atom is 0.0700 e. The highest BCUT2D eigenvalue weighted by molar-refractivity contribution is 4.84. The molecule has 0 aromatic carbocycles. The predicted octanol–water partition coefficient (Wildman–Crippen LogP) is 1.21. The zero-order valence-corrected chi connectivity index (χ0v) is 11.8. The van der Waals surface area contributed by atoms with Crippen LogP contribution in [0.5, 0.6) is 0 Å². The second kappa shape index (κ2) is 8.10. The van der Waals surface area contributed by atoms with Crippen LogP contribution < -0.4 is 0 Å². The minimum atomic E-state index is 0.709. The largest absolute Gasteiger partial charge is 0.382 e. The molecule has 0 aromatic heterocycles. The Kier molecular flexibility index (Phi) is 6.41. The normalized spacial score (nSPS) is 26.2. The van der Waals surface area contributed by atoms with E-state index in [9.17, 15) is 0 Å². The zero-order valence-electron chi connectivity index (χ0n) is 11.8. The van der Waals surface area contributed by atoms with E-state index < -0.39 is 0 Å². The first-order valence-corrected chi connectivity index (χ1v) is 7.43. The van der Waals surface area contributed by atoms with Gasteiger partial charge in [0.05, 0.1) is 13.2 Å². The molecular weight excluding hydrogens is 228 g/mol. The number of fused-ring (bicyclic) bond motifs is 1. The van der Waals surface area contributed by atoms with E-state index in [0.717, 1.165) is 25.7 Å². The molecule has 2 rings (SSSR count). The molecular formula is C14H28N2O2. The van der Waals surface area contributed by atoms with Gasteiger partial charge < -0.3 is 14.4 Å². The van der Waals surface area contributed by atoms with Gasteiger partial charge in [-0.3, -0.25) is 4.90 Å². The third-order valence-electron chi connectivity index (χ3n) is 4.08. The standard InChI is InChI=1S/C14H28N2O2/c1-17-11-12-18-10-4-7-15-6-3-9-16-8-2-5-14(16)13-15/h14H,2-13H2,1H3. The highest BCUT2D eigenvalue weighted by Gasteiger charge is 2.28. The van der Waals surface area contributed by atoms with Crippen LogP contribution in [0, 0.1) is 0 Å². The number of hydrogen-bond acceptors (Lipinski definition) is 4. The molecule has 4 nitrogen and oxygen atoms in total. The molecule has 0 aliphatic carbocycles. The van der Waals surface area contributed by atoms with Crippen molar-refractivity contribution >= 4 is 0 Å². The average Bonchev–Trinajstić information content (AvgIpc) is 2.72. The fourth-order valence-corrected chi connectivity index (χ4v) is 3.12. The van der Waals surface area contributed by atoms with Crippen LogP contribution in [0.1, 0.15) is 25.7 Å². The molecule has 0 amide bonds. The van der Waals surface area contributed by atoms with Gasteiger partial charge in [0, 0.05) is 32.8 Å². The van der Waals surface area contributed by atoms with Crippen LogP contribution in [-0.2, 0) is 9.47 Å². The van der Waals surface area contributed by atoms with E-state index in [1.54, 1.807) is 7.11 Å². The molecule has 1 unspecified atom stereocenters. The van der Waals surface area contributed by atoms with Crippen LogP contribution in [0.15, 0.2) is 0 Å². The summed E-state index contributed by atoms with van der Waals surface area (Å²) in [7, 11) is 1.72. The van der Waals surface area contributed by atoms with Gasteiger partial charge in [0.15, 0.2) is 0 Å². The molecule has 2 aliphatic rings. The molecule has 106 valence electrons. The molecule has 2 aliphatic heterocycles. The molecule has 2 fully saturated rings. The van der Waals surface area contributed by atoms with Gasteiger partial charge in [-0.1, -0.05) is 0 Å². The minimum Gasteiger partial charge on any atom is -0.382 e.